The quantitative estimate of drug-likeness (QED) is 0.693. The summed E-state index contributed by atoms with van der Waals surface area (Å²) in [6, 6.07) is 0. The first-order valence-electron chi connectivity index (χ1n) is 8.04. The molecular formula is C16H28BNO5. The number of hydrogen-bond donors (Lipinski definition) is 0. The van der Waals surface area contributed by atoms with Crippen molar-refractivity contribution in [2.24, 2.45) is 0 Å². The summed E-state index contributed by atoms with van der Waals surface area (Å²) in [4.78, 5) is 13.8. The molecule has 2 heterocycles. The van der Waals surface area contributed by atoms with Gasteiger partial charge >= 0.3 is 13.2 Å². The molecule has 6 nitrogen and oxygen atoms in total. The minimum absolute atomic E-state index is 0.165. The first-order chi connectivity index (χ1) is 10.3. The van der Waals surface area contributed by atoms with E-state index in [4.69, 9.17) is 18.8 Å². The van der Waals surface area contributed by atoms with Gasteiger partial charge in [0.05, 0.1) is 17.7 Å². The van der Waals surface area contributed by atoms with Gasteiger partial charge in [-0.1, -0.05) is 0 Å². The zero-order valence-electron chi connectivity index (χ0n) is 15.4. The molecule has 0 radical (unpaired) electrons. The lowest BCUT2D eigenvalue weighted by Crippen LogP contribution is -2.43. The Labute approximate surface area is 139 Å². The van der Waals surface area contributed by atoms with Gasteiger partial charge in [-0.15, -0.1) is 0 Å². The van der Waals surface area contributed by atoms with Gasteiger partial charge in [-0.05, 0) is 55.4 Å². The van der Waals surface area contributed by atoms with Gasteiger partial charge in [0.2, 0.25) is 0 Å². The third kappa shape index (κ3) is 4.01. The Morgan fingerprint density at radius 2 is 1.78 bits per heavy atom. The Morgan fingerprint density at radius 1 is 1.26 bits per heavy atom. The molecule has 0 saturated carbocycles. The molecule has 130 valence electrons. The van der Waals surface area contributed by atoms with Crippen molar-refractivity contribution in [2.45, 2.75) is 78.3 Å². The van der Waals surface area contributed by atoms with Crippen LogP contribution in [0, 0.1) is 0 Å². The van der Waals surface area contributed by atoms with E-state index in [2.05, 4.69) is 0 Å². The fraction of sp³-hybridized carbons (Fsp3) is 0.812. The van der Waals surface area contributed by atoms with Gasteiger partial charge in [0.15, 0.2) is 0 Å². The molecule has 1 fully saturated rings. The highest BCUT2D eigenvalue weighted by molar-refractivity contribution is 6.53. The SMILES string of the molecule is CC1CN(C(=O)OC(C)(C)C)C=C(B2OC(C)(C)C(C)(C)O2)O1. The van der Waals surface area contributed by atoms with E-state index in [9.17, 15) is 4.79 Å². The molecule has 7 heteroatoms. The van der Waals surface area contributed by atoms with Crippen LogP contribution in [0.4, 0.5) is 4.79 Å². The van der Waals surface area contributed by atoms with Crippen molar-refractivity contribution >= 4 is 13.2 Å². The molecule has 0 N–H and O–H groups in total. The Hall–Kier alpha value is -1.21. The summed E-state index contributed by atoms with van der Waals surface area (Å²) in [5.41, 5.74) is -0.969. The Kier molecular flexibility index (Phi) is 4.50. The highest BCUT2D eigenvalue weighted by atomic mass is 16.7. The lowest BCUT2D eigenvalue weighted by Gasteiger charge is -2.32. The smallest absolute Gasteiger partial charge is 0.495 e. The third-order valence-electron chi connectivity index (χ3n) is 4.19. The number of amides is 1. The molecule has 0 aromatic carbocycles. The topological polar surface area (TPSA) is 57.2 Å². The second-order valence-electron chi connectivity index (χ2n) is 8.18. The van der Waals surface area contributed by atoms with Crippen molar-refractivity contribution in [1.29, 1.82) is 0 Å². The minimum atomic E-state index is -0.632. The maximum absolute atomic E-state index is 12.3. The summed E-state index contributed by atoms with van der Waals surface area (Å²) >= 11 is 0. The summed E-state index contributed by atoms with van der Waals surface area (Å²) in [6.07, 6.45) is 1.05. The summed E-state index contributed by atoms with van der Waals surface area (Å²) in [7, 11) is -0.632. The van der Waals surface area contributed by atoms with Crippen LogP contribution in [0.15, 0.2) is 11.9 Å². The third-order valence-corrected chi connectivity index (χ3v) is 4.19. The molecule has 2 aliphatic rings. The number of rotatable bonds is 1. The van der Waals surface area contributed by atoms with Crippen LogP contribution < -0.4 is 0 Å². The largest absolute Gasteiger partial charge is 0.533 e. The van der Waals surface area contributed by atoms with E-state index in [1.807, 2.05) is 55.4 Å². The van der Waals surface area contributed by atoms with Gasteiger partial charge in [-0.3, -0.25) is 4.90 Å². The Balaban J connectivity index is 2.17. The fourth-order valence-electron chi connectivity index (χ4n) is 2.31. The Bertz CT molecular complexity index is 493. The van der Waals surface area contributed by atoms with Crippen molar-refractivity contribution in [2.75, 3.05) is 6.54 Å². The molecule has 0 bridgehead atoms. The van der Waals surface area contributed by atoms with Crippen molar-refractivity contribution in [1.82, 2.24) is 4.90 Å². The van der Waals surface area contributed by atoms with Gasteiger partial charge in [0.25, 0.3) is 0 Å². The van der Waals surface area contributed by atoms with Crippen LogP contribution >= 0.6 is 0 Å². The van der Waals surface area contributed by atoms with E-state index in [-0.39, 0.29) is 6.10 Å². The second-order valence-corrected chi connectivity index (χ2v) is 8.18. The highest BCUT2D eigenvalue weighted by Crippen LogP contribution is 2.39. The zero-order valence-corrected chi connectivity index (χ0v) is 15.4. The van der Waals surface area contributed by atoms with E-state index in [1.165, 1.54) is 4.90 Å². The van der Waals surface area contributed by atoms with Gasteiger partial charge in [0.1, 0.15) is 17.4 Å². The van der Waals surface area contributed by atoms with Gasteiger partial charge in [0, 0.05) is 6.20 Å². The van der Waals surface area contributed by atoms with E-state index in [0.29, 0.717) is 12.2 Å². The molecule has 2 aliphatic heterocycles. The molecule has 1 saturated heterocycles. The fourth-order valence-corrected chi connectivity index (χ4v) is 2.31. The molecule has 0 aliphatic carbocycles. The van der Waals surface area contributed by atoms with Crippen LogP contribution in [0.3, 0.4) is 0 Å². The predicted octanol–water partition coefficient (Wildman–Crippen LogP) is 3.12. The maximum atomic E-state index is 12.3. The van der Waals surface area contributed by atoms with Gasteiger partial charge < -0.3 is 18.8 Å². The van der Waals surface area contributed by atoms with E-state index in [1.54, 1.807) is 6.20 Å². The molecule has 2 rings (SSSR count). The van der Waals surface area contributed by atoms with Crippen molar-refractivity contribution in [3.05, 3.63) is 11.9 Å². The highest BCUT2D eigenvalue weighted by Gasteiger charge is 2.54. The number of carbonyl (C=O) groups excluding carboxylic acids is 1. The van der Waals surface area contributed by atoms with Crippen LogP contribution in [0.1, 0.15) is 55.4 Å². The lowest BCUT2D eigenvalue weighted by molar-refractivity contribution is 0.00578. The number of hydrogen-bond acceptors (Lipinski definition) is 5. The molecular weight excluding hydrogens is 297 g/mol. The van der Waals surface area contributed by atoms with Gasteiger partial charge in [-0.25, -0.2) is 4.79 Å². The predicted molar refractivity (Wildman–Crippen MR) is 87.7 cm³/mol. The van der Waals surface area contributed by atoms with E-state index < -0.39 is 30.0 Å². The summed E-state index contributed by atoms with van der Waals surface area (Å²) in [5, 5.41) is 0. The van der Waals surface area contributed by atoms with Crippen molar-refractivity contribution in [3.63, 3.8) is 0 Å². The lowest BCUT2D eigenvalue weighted by atomic mass is 9.86. The summed E-state index contributed by atoms with van der Waals surface area (Å²) in [6.45, 7) is 15.8. The van der Waals surface area contributed by atoms with Crippen LogP contribution in [-0.2, 0) is 18.8 Å². The molecule has 1 amide bonds. The molecule has 1 unspecified atom stereocenters. The monoisotopic (exact) mass is 325 g/mol. The van der Waals surface area contributed by atoms with E-state index >= 15 is 0 Å². The van der Waals surface area contributed by atoms with Crippen LogP contribution in [-0.4, -0.2) is 47.6 Å². The van der Waals surface area contributed by atoms with Gasteiger partial charge in [-0.2, -0.15) is 0 Å². The molecule has 1 atom stereocenters. The minimum Gasteiger partial charge on any atom is -0.495 e. The average Bonchev–Trinajstić information content (AvgIpc) is 2.55. The van der Waals surface area contributed by atoms with E-state index in [0.717, 1.165) is 0 Å². The standard InChI is InChI=1S/C16H28BNO5/c1-11-9-18(13(19)21-14(2,3)4)10-12(20-11)17-22-15(5,6)16(7,8)23-17/h10-11H,9H2,1-8H3. The number of nitrogens with zero attached hydrogens (tertiary/aromatic N) is 1. The molecule has 0 aromatic rings. The zero-order chi connectivity index (χ0) is 17.6. The molecule has 0 spiro atoms. The van der Waals surface area contributed by atoms with Crippen LogP contribution in [0.25, 0.3) is 0 Å². The van der Waals surface area contributed by atoms with Crippen LogP contribution in [0.2, 0.25) is 0 Å². The molecule has 23 heavy (non-hydrogen) atoms. The first kappa shape index (κ1) is 18.1. The summed E-state index contributed by atoms with van der Waals surface area (Å²) in [5.74, 6) is 0. The normalized spacial score (nSPS) is 26.6. The van der Waals surface area contributed by atoms with Crippen molar-refractivity contribution < 1.29 is 23.6 Å². The maximum Gasteiger partial charge on any atom is 0.533 e. The molecule has 0 aromatic heterocycles. The number of carbonyl (C=O) groups is 1. The summed E-state index contributed by atoms with van der Waals surface area (Å²) < 4.78 is 23.2. The second kappa shape index (κ2) is 5.70. The van der Waals surface area contributed by atoms with Crippen LogP contribution in [0.5, 0.6) is 0 Å². The number of ether oxygens (including phenoxy) is 2. The average molecular weight is 325 g/mol. The Morgan fingerprint density at radius 3 is 2.26 bits per heavy atom. The van der Waals surface area contributed by atoms with Crippen molar-refractivity contribution in [3.8, 4) is 0 Å². The first-order valence-corrected chi connectivity index (χ1v) is 8.04.